The molecule has 0 aliphatic carbocycles. The van der Waals surface area contributed by atoms with Crippen molar-refractivity contribution < 1.29 is 43.2 Å². The molecule has 0 fully saturated rings. The van der Waals surface area contributed by atoms with Crippen LogP contribution < -0.4 is 14.8 Å². The van der Waals surface area contributed by atoms with E-state index in [4.69, 9.17) is 14.2 Å². The van der Waals surface area contributed by atoms with Crippen molar-refractivity contribution >= 4 is 24.1 Å². The van der Waals surface area contributed by atoms with E-state index in [-0.39, 0.29) is 36.8 Å². The Bertz CT molecular complexity index is 870. The van der Waals surface area contributed by atoms with Crippen LogP contribution in [0.4, 0.5) is 4.79 Å². The SMILES string of the molecule is CCCCC(=O)Oc1ccc(C[C@](NC(C)CC)(OC(=O)OC)C(=O)O)cc1OC(=O)CCCC. The van der Waals surface area contributed by atoms with E-state index in [1.807, 2.05) is 20.8 Å². The molecule has 0 radical (unpaired) electrons. The average molecular weight is 496 g/mol. The first-order valence-electron chi connectivity index (χ1n) is 11.9. The van der Waals surface area contributed by atoms with Gasteiger partial charge in [-0.3, -0.25) is 14.9 Å². The number of hydrogen-bond acceptors (Lipinski definition) is 9. The van der Waals surface area contributed by atoms with Crippen LogP contribution in [0.15, 0.2) is 18.2 Å². The van der Waals surface area contributed by atoms with E-state index in [9.17, 15) is 24.3 Å². The molecule has 35 heavy (non-hydrogen) atoms. The molecule has 0 aromatic heterocycles. The predicted octanol–water partition coefficient (Wildman–Crippen LogP) is 4.37. The van der Waals surface area contributed by atoms with Gasteiger partial charge in [0.1, 0.15) is 0 Å². The first-order valence-corrected chi connectivity index (χ1v) is 11.9. The number of benzene rings is 1. The number of carboxylic acid groups (broad SMARTS) is 1. The molecule has 0 aliphatic rings. The Kier molecular flexibility index (Phi) is 12.8. The molecule has 2 N–H and O–H groups in total. The molecule has 0 heterocycles. The first-order chi connectivity index (χ1) is 16.6. The van der Waals surface area contributed by atoms with Crippen LogP contribution in [0.2, 0.25) is 0 Å². The first kappa shape index (κ1) is 29.9. The number of rotatable bonds is 15. The third kappa shape index (κ3) is 9.94. The van der Waals surface area contributed by atoms with Crippen LogP contribution in [0.25, 0.3) is 0 Å². The van der Waals surface area contributed by atoms with Crippen molar-refractivity contribution in [3.05, 3.63) is 23.8 Å². The number of carbonyl (C=O) groups excluding carboxylic acids is 3. The predicted molar refractivity (Wildman–Crippen MR) is 127 cm³/mol. The van der Waals surface area contributed by atoms with Gasteiger partial charge < -0.3 is 24.1 Å². The highest BCUT2D eigenvalue weighted by Crippen LogP contribution is 2.31. The minimum Gasteiger partial charge on any atom is -0.477 e. The van der Waals surface area contributed by atoms with E-state index in [1.54, 1.807) is 6.92 Å². The van der Waals surface area contributed by atoms with Gasteiger partial charge in [-0.2, -0.15) is 0 Å². The zero-order chi connectivity index (χ0) is 26.4. The van der Waals surface area contributed by atoms with Crippen molar-refractivity contribution in [2.24, 2.45) is 0 Å². The Labute approximate surface area is 206 Å². The summed E-state index contributed by atoms with van der Waals surface area (Å²) in [6, 6.07) is 4.03. The molecule has 10 nitrogen and oxygen atoms in total. The van der Waals surface area contributed by atoms with Crippen molar-refractivity contribution in [2.45, 2.75) is 90.8 Å². The summed E-state index contributed by atoms with van der Waals surface area (Å²) in [6.45, 7) is 7.48. The maximum atomic E-state index is 12.3. The molecular weight excluding hydrogens is 458 g/mol. The van der Waals surface area contributed by atoms with Crippen LogP contribution in [0.5, 0.6) is 11.5 Å². The number of carboxylic acids is 1. The number of nitrogens with one attached hydrogen (secondary N) is 1. The molecule has 0 saturated heterocycles. The van der Waals surface area contributed by atoms with Gasteiger partial charge in [-0.05, 0) is 43.9 Å². The van der Waals surface area contributed by atoms with Crippen LogP contribution in [0.3, 0.4) is 0 Å². The topological polar surface area (TPSA) is 137 Å². The van der Waals surface area contributed by atoms with Crippen LogP contribution in [-0.2, 0) is 30.3 Å². The molecule has 0 amide bonds. The minimum absolute atomic E-state index is 0.0191. The number of carbonyl (C=O) groups is 4. The summed E-state index contributed by atoms with van der Waals surface area (Å²) in [5, 5.41) is 12.8. The van der Waals surface area contributed by atoms with Crippen molar-refractivity contribution in [3.8, 4) is 11.5 Å². The second-order valence-corrected chi connectivity index (χ2v) is 8.26. The fourth-order valence-corrected chi connectivity index (χ4v) is 3.09. The molecule has 2 atom stereocenters. The third-order valence-electron chi connectivity index (χ3n) is 5.24. The molecule has 196 valence electrons. The smallest absolute Gasteiger partial charge is 0.477 e. The van der Waals surface area contributed by atoms with Gasteiger partial charge in [-0.25, -0.2) is 9.59 Å². The van der Waals surface area contributed by atoms with E-state index >= 15 is 0 Å². The summed E-state index contributed by atoms with van der Waals surface area (Å²) in [7, 11) is 1.08. The quantitative estimate of drug-likeness (QED) is 0.205. The summed E-state index contributed by atoms with van der Waals surface area (Å²) in [5.41, 5.74) is -1.79. The summed E-state index contributed by atoms with van der Waals surface area (Å²) < 4.78 is 20.6. The van der Waals surface area contributed by atoms with Gasteiger partial charge in [0.15, 0.2) is 11.5 Å². The van der Waals surface area contributed by atoms with Gasteiger partial charge in [0.05, 0.1) is 7.11 Å². The monoisotopic (exact) mass is 495 g/mol. The zero-order valence-corrected chi connectivity index (χ0v) is 21.2. The molecule has 1 rings (SSSR count). The van der Waals surface area contributed by atoms with Gasteiger partial charge in [0.2, 0.25) is 0 Å². The lowest BCUT2D eigenvalue weighted by molar-refractivity contribution is -0.166. The maximum absolute atomic E-state index is 12.3. The van der Waals surface area contributed by atoms with Crippen molar-refractivity contribution in [1.29, 1.82) is 0 Å². The van der Waals surface area contributed by atoms with E-state index in [0.29, 0.717) is 24.8 Å². The van der Waals surface area contributed by atoms with Gasteiger partial charge in [-0.15, -0.1) is 0 Å². The van der Waals surface area contributed by atoms with Crippen molar-refractivity contribution in [2.75, 3.05) is 7.11 Å². The van der Waals surface area contributed by atoms with E-state index in [1.165, 1.54) is 18.2 Å². The summed E-state index contributed by atoms with van der Waals surface area (Å²) in [4.78, 5) is 48.6. The summed E-state index contributed by atoms with van der Waals surface area (Å²) in [5.74, 6) is -2.39. The van der Waals surface area contributed by atoms with E-state index in [0.717, 1.165) is 20.0 Å². The second kappa shape index (κ2) is 15.0. The van der Waals surface area contributed by atoms with E-state index < -0.39 is 29.8 Å². The van der Waals surface area contributed by atoms with Crippen molar-refractivity contribution in [1.82, 2.24) is 5.32 Å². The Morgan fingerprint density at radius 2 is 1.54 bits per heavy atom. The molecule has 1 aromatic carbocycles. The van der Waals surface area contributed by atoms with Crippen LogP contribution in [0.1, 0.15) is 78.2 Å². The Morgan fingerprint density at radius 1 is 0.971 bits per heavy atom. The molecule has 10 heteroatoms. The lowest BCUT2D eigenvalue weighted by Gasteiger charge is -2.32. The number of ether oxygens (including phenoxy) is 4. The fourth-order valence-electron chi connectivity index (χ4n) is 3.09. The fraction of sp³-hybridized carbons (Fsp3) is 0.600. The zero-order valence-electron chi connectivity index (χ0n) is 21.2. The van der Waals surface area contributed by atoms with Gasteiger partial charge in [0, 0.05) is 25.3 Å². The molecule has 0 saturated carbocycles. The number of esters is 2. The number of unbranched alkanes of at least 4 members (excludes halogenated alkanes) is 2. The summed E-state index contributed by atoms with van der Waals surface area (Å²) in [6.07, 6.45) is 2.33. The van der Waals surface area contributed by atoms with E-state index in [2.05, 4.69) is 10.1 Å². The lowest BCUT2D eigenvalue weighted by Crippen LogP contribution is -2.59. The maximum Gasteiger partial charge on any atom is 0.510 e. The normalized spacial score (nSPS) is 13.3. The lowest BCUT2D eigenvalue weighted by atomic mass is 10.00. The highest BCUT2D eigenvalue weighted by Gasteiger charge is 2.44. The van der Waals surface area contributed by atoms with Crippen LogP contribution in [-0.4, -0.2) is 48.0 Å². The van der Waals surface area contributed by atoms with Crippen LogP contribution in [0, 0.1) is 0 Å². The Hall–Kier alpha value is -3.14. The van der Waals surface area contributed by atoms with Crippen molar-refractivity contribution in [3.63, 3.8) is 0 Å². The molecule has 1 aromatic rings. The summed E-state index contributed by atoms with van der Waals surface area (Å²) >= 11 is 0. The number of aliphatic carboxylic acids is 1. The standard InChI is InChI=1S/C25H37NO9/c1-6-9-11-21(27)33-19-14-13-18(15-20(19)34-22(28)12-10-7-2)16-25(23(29)30,26-17(4)8-3)35-24(31)32-5/h13-15,17,26H,6-12,16H2,1-5H3,(H,29,30)/t17?,25-/m0/s1. The van der Waals surface area contributed by atoms with Gasteiger partial charge in [0.25, 0.3) is 5.72 Å². The number of methoxy groups -OCH3 is 1. The Balaban J connectivity index is 3.37. The average Bonchev–Trinajstić information content (AvgIpc) is 2.82. The minimum atomic E-state index is -2.15. The molecule has 0 spiro atoms. The molecular formula is C25H37NO9. The second-order valence-electron chi connectivity index (χ2n) is 8.26. The highest BCUT2D eigenvalue weighted by molar-refractivity contribution is 5.81. The Morgan fingerprint density at radius 3 is 2.03 bits per heavy atom. The van der Waals surface area contributed by atoms with Gasteiger partial charge in [-0.1, -0.05) is 39.7 Å². The molecule has 1 unspecified atom stereocenters. The largest absolute Gasteiger partial charge is 0.510 e. The molecule has 0 aliphatic heterocycles. The molecule has 0 bridgehead atoms. The number of hydrogen-bond donors (Lipinski definition) is 2. The highest BCUT2D eigenvalue weighted by atomic mass is 16.7. The van der Waals surface area contributed by atoms with Crippen LogP contribution >= 0.6 is 0 Å². The van der Waals surface area contributed by atoms with Gasteiger partial charge >= 0.3 is 24.1 Å². The third-order valence-corrected chi connectivity index (χ3v) is 5.24.